The summed E-state index contributed by atoms with van der Waals surface area (Å²) in [6.07, 6.45) is 1.55. The Balaban J connectivity index is 2.29. The molecular weight excluding hydrogens is 222 g/mol. The molecule has 92 valence electrons. The minimum absolute atomic E-state index is 0.240. The lowest BCUT2D eigenvalue weighted by Gasteiger charge is -2.28. The quantitative estimate of drug-likeness (QED) is 0.804. The summed E-state index contributed by atoms with van der Waals surface area (Å²) < 4.78 is 5.25. The van der Waals surface area contributed by atoms with Crippen LogP contribution in [0.3, 0.4) is 0 Å². The smallest absolute Gasteiger partial charge is 0.337 e. The Bertz CT molecular complexity index is 416. The van der Waals surface area contributed by atoms with Crippen molar-refractivity contribution < 1.29 is 14.6 Å². The Morgan fingerprint density at radius 1 is 1.53 bits per heavy atom. The first-order valence-electron chi connectivity index (χ1n) is 5.46. The summed E-state index contributed by atoms with van der Waals surface area (Å²) in [6, 6.07) is 1.60. The summed E-state index contributed by atoms with van der Waals surface area (Å²) in [5.74, 6) is -0.268. The summed E-state index contributed by atoms with van der Waals surface area (Å²) in [5, 5.41) is 11.9. The van der Waals surface area contributed by atoms with E-state index in [0.717, 1.165) is 13.1 Å². The lowest BCUT2D eigenvalue weighted by Crippen LogP contribution is -2.36. The van der Waals surface area contributed by atoms with Gasteiger partial charge in [-0.3, -0.25) is 0 Å². The van der Waals surface area contributed by atoms with E-state index in [1.807, 2.05) is 4.90 Å². The predicted octanol–water partition coefficient (Wildman–Crippen LogP) is 0.658. The van der Waals surface area contributed by atoms with Crippen LogP contribution in [0.5, 0.6) is 0 Å². The second-order valence-corrected chi connectivity index (χ2v) is 3.74. The molecule has 2 heterocycles. The van der Waals surface area contributed by atoms with Crippen LogP contribution < -0.4 is 10.2 Å². The zero-order valence-electron chi connectivity index (χ0n) is 9.64. The maximum atomic E-state index is 11.1. The molecule has 1 aromatic rings. The number of aromatic carboxylic acids is 1. The van der Waals surface area contributed by atoms with Crippen LogP contribution in [-0.2, 0) is 4.74 Å². The number of carboxylic acid groups (broad SMARTS) is 1. The van der Waals surface area contributed by atoms with E-state index in [1.165, 1.54) is 0 Å². The maximum Gasteiger partial charge on any atom is 0.337 e. The predicted molar refractivity (Wildman–Crippen MR) is 63.8 cm³/mol. The number of pyridine rings is 1. The van der Waals surface area contributed by atoms with Gasteiger partial charge in [-0.15, -0.1) is 0 Å². The molecule has 0 unspecified atom stereocenters. The van der Waals surface area contributed by atoms with Crippen LogP contribution in [0.15, 0.2) is 12.3 Å². The molecule has 0 aliphatic carbocycles. The Morgan fingerprint density at radius 2 is 2.24 bits per heavy atom. The summed E-state index contributed by atoms with van der Waals surface area (Å²) in [6.45, 7) is 2.78. The van der Waals surface area contributed by atoms with Crippen molar-refractivity contribution in [1.29, 1.82) is 0 Å². The minimum atomic E-state index is -0.953. The van der Waals surface area contributed by atoms with Gasteiger partial charge >= 0.3 is 5.97 Å². The molecule has 2 rings (SSSR count). The fourth-order valence-corrected chi connectivity index (χ4v) is 1.79. The number of hydrogen-bond acceptors (Lipinski definition) is 5. The van der Waals surface area contributed by atoms with Crippen molar-refractivity contribution in [2.24, 2.45) is 0 Å². The highest BCUT2D eigenvalue weighted by atomic mass is 16.5. The molecule has 0 atom stereocenters. The largest absolute Gasteiger partial charge is 0.478 e. The molecule has 6 nitrogen and oxygen atoms in total. The van der Waals surface area contributed by atoms with Gasteiger partial charge in [0.1, 0.15) is 5.82 Å². The van der Waals surface area contributed by atoms with Crippen LogP contribution in [0, 0.1) is 0 Å². The van der Waals surface area contributed by atoms with Gasteiger partial charge in [-0.25, -0.2) is 9.78 Å². The molecule has 0 spiro atoms. The number of carbonyl (C=O) groups is 1. The van der Waals surface area contributed by atoms with E-state index in [0.29, 0.717) is 24.7 Å². The molecule has 1 saturated heterocycles. The standard InChI is InChI=1S/C11H15N3O3/c1-12-9-7-13-10(6-8(9)11(15)16)14-2-4-17-5-3-14/h6-7,12H,2-5H2,1H3,(H,15,16). The third-order valence-corrected chi connectivity index (χ3v) is 2.72. The molecule has 2 N–H and O–H groups in total. The Kier molecular flexibility index (Phi) is 3.43. The second kappa shape index (κ2) is 5.01. The molecule has 1 aliphatic heterocycles. The number of carboxylic acids is 1. The van der Waals surface area contributed by atoms with Crippen molar-refractivity contribution in [3.63, 3.8) is 0 Å². The van der Waals surface area contributed by atoms with Gasteiger partial charge < -0.3 is 20.1 Å². The molecule has 0 saturated carbocycles. The number of rotatable bonds is 3. The zero-order chi connectivity index (χ0) is 12.3. The SMILES string of the molecule is CNc1cnc(N2CCOCC2)cc1C(=O)O. The molecule has 0 aromatic carbocycles. The monoisotopic (exact) mass is 237 g/mol. The highest BCUT2D eigenvalue weighted by Crippen LogP contribution is 2.20. The summed E-state index contributed by atoms with van der Waals surface area (Å²) in [5.41, 5.74) is 0.763. The molecule has 6 heteroatoms. The van der Waals surface area contributed by atoms with E-state index in [4.69, 9.17) is 9.84 Å². The Hall–Kier alpha value is -1.82. The van der Waals surface area contributed by atoms with Crippen LogP contribution in [0.4, 0.5) is 11.5 Å². The number of nitrogens with one attached hydrogen (secondary N) is 1. The highest BCUT2D eigenvalue weighted by Gasteiger charge is 2.16. The van der Waals surface area contributed by atoms with E-state index in [9.17, 15) is 4.79 Å². The van der Waals surface area contributed by atoms with Crippen LogP contribution >= 0.6 is 0 Å². The number of aromatic nitrogens is 1. The highest BCUT2D eigenvalue weighted by molar-refractivity contribution is 5.94. The fourth-order valence-electron chi connectivity index (χ4n) is 1.79. The third kappa shape index (κ3) is 2.47. The molecule has 0 bridgehead atoms. The lowest BCUT2D eigenvalue weighted by atomic mass is 10.2. The van der Waals surface area contributed by atoms with E-state index in [1.54, 1.807) is 19.3 Å². The third-order valence-electron chi connectivity index (χ3n) is 2.72. The minimum Gasteiger partial charge on any atom is -0.478 e. The summed E-state index contributed by atoms with van der Waals surface area (Å²) in [7, 11) is 1.68. The van der Waals surface area contributed by atoms with Crippen molar-refractivity contribution in [2.45, 2.75) is 0 Å². The van der Waals surface area contributed by atoms with Crippen LogP contribution in [0.2, 0.25) is 0 Å². The van der Waals surface area contributed by atoms with Crippen molar-refractivity contribution in [1.82, 2.24) is 4.98 Å². The van der Waals surface area contributed by atoms with Gasteiger partial charge in [-0.1, -0.05) is 0 Å². The molecular formula is C11H15N3O3. The first-order valence-corrected chi connectivity index (χ1v) is 5.46. The first kappa shape index (κ1) is 11.7. The Labute approximate surface area is 99.2 Å². The Morgan fingerprint density at radius 3 is 2.82 bits per heavy atom. The topological polar surface area (TPSA) is 74.7 Å². The van der Waals surface area contributed by atoms with E-state index >= 15 is 0 Å². The molecule has 1 aliphatic rings. The van der Waals surface area contributed by atoms with Crippen molar-refractivity contribution in [3.8, 4) is 0 Å². The second-order valence-electron chi connectivity index (χ2n) is 3.74. The van der Waals surface area contributed by atoms with Gasteiger partial charge in [0.2, 0.25) is 0 Å². The number of ether oxygens (including phenoxy) is 1. The van der Waals surface area contributed by atoms with Gasteiger partial charge in [-0.2, -0.15) is 0 Å². The van der Waals surface area contributed by atoms with Gasteiger partial charge in [0.05, 0.1) is 30.7 Å². The normalized spacial score (nSPS) is 15.7. The first-order chi connectivity index (χ1) is 8.22. The van der Waals surface area contributed by atoms with Gasteiger partial charge in [0.15, 0.2) is 0 Å². The van der Waals surface area contributed by atoms with Gasteiger partial charge in [0, 0.05) is 20.1 Å². The molecule has 17 heavy (non-hydrogen) atoms. The summed E-state index contributed by atoms with van der Waals surface area (Å²) in [4.78, 5) is 17.4. The van der Waals surface area contributed by atoms with E-state index < -0.39 is 5.97 Å². The average molecular weight is 237 g/mol. The van der Waals surface area contributed by atoms with Crippen LogP contribution in [0.1, 0.15) is 10.4 Å². The fraction of sp³-hybridized carbons (Fsp3) is 0.455. The molecule has 1 aromatic heterocycles. The van der Waals surface area contributed by atoms with E-state index in [-0.39, 0.29) is 5.56 Å². The number of hydrogen-bond donors (Lipinski definition) is 2. The van der Waals surface area contributed by atoms with Crippen molar-refractivity contribution in [3.05, 3.63) is 17.8 Å². The van der Waals surface area contributed by atoms with Crippen molar-refractivity contribution in [2.75, 3.05) is 43.6 Å². The van der Waals surface area contributed by atoms with Crippen molar-refractivity contribution >= 4 is 17.5 Å². The average Bonchev–Trinajstić information content (AvgIpc) is 2.39. The molecule has 1 fully saturated rings. The summed E-state index contributed by atoms with van der Waals surface area (Å²) >= 11 is 0. The van der Waals surface area contributed by atoms with E-state index in [2.05, 4.69) is 10.3 Å². The van der Waals surface area contributed by atoms with Gasteiger partial charge in [0.25, 0.3) is 0 Å². The van der Waals surface area contributed by atoms with Gasteiger partial charge in [-0.05, 0) is 6.07 Å². The lowest BCUT2D eigenvalue weighted by molar-refractivity contribution is 0.0698. The van der Waals surface area contributed by atoms with Crippen LogP contribution in [-0.4, -0.2) is 49.4 Å². The van der Waals surface area contributed by atoms with Crippen LogP contribution in [0.25, 0.3) is 0 Å². The zero-order valence-corrected chi connectivity index (χ0v) is 9.64. The maximum absolute atomic E-state index is 11.1. The molecule has 0 radical (unpaired) electrons. The molecule has 0 amide bonds. The number of nitrogens with zero attached hydrogens (tertiary/aromatic N) is 2. The number of morpholine rings is 1. The number of anilines is 2.